The molecule has 5 heteroatoms. The topological polar surface area (TPSA) is 50.3 Å². The first-order valence-electron chi connectivity index (χ1n) is 7.24. The van der Waals surface area contributed by atoms with Crippen LogP contribution in [0.2, 0.25) is 0 Å². The van der Waals surface area contributed by atoms with Crippen LogP contribution in [0.5, 0.6) is 5.88 Å². The molecule has 1 aromatic heterocycles. The molecule has 19 heavy (non-hydrogen) atoms. The van der Waals surface area contributed by atoms with Crippen LogP contribution in [0.3, 0.4) is 0 Å². The van der Waals surface area contributed by atoms with E-state index in [1.165, 1.54) is 0 Å². The maximum Gasteiger partial charge on any atom is 0.228 e. The summed E-state index contributed by atoms with van der Waals surface area (Å²) in [6.07, 6.45) is 3.99. The average Bonchev–Trinajstić information content (AvgIpc) is 2.47. The van der Waals surface area contributed by atoms with Gasteiger partial charge in [-0.2, -0.15) is 4.98 Å². The second kappa shape index (κ2) is 6.70. The molecule has 1 aliphatic heterocycles. The maximum atomic E-state index is 5.47. The van der Waals surface area contributed by atoms with Gasteiger partial charge in [-0.25, -0.2) is 4.98 Å². The Morgan fingerprint density at radius 1 is 1.37 bits per heavy atom. The fourth-order valence-corrected chi connectivity index (χ4v) is 2.45. The van der Waals surface area contributed by atoms with Crippen molar-refractivity contribution < 1.29 is 4.74 Å². The van der Waals surface area contributed by atoms with Gasteiger partial charge in [-0.3, -0.25) is 0 Å². The van der Waals surface area contributed by atoms with Gasteiger partial charge in [-0.1, -0.05) is 13.8 Å². The summed E-state index contributed by atoms with van der Waals surface area (Å²) in [5.74, 6) is 1.45. The lowest BCUT2D eigenvalue weighted by molar-refractivity contribution is 0.323. The third-order valence-corrected chi connectivity index (χ3v) is 3.63. The van der Waals surface area contributed by atoms with E-state index >= 15 is 0 Å². The number of hydrogen-bond donors (Lipinski definition) is 1. The summed E-state index contributed by atoms with van der Waals surface area (Å²) < 4.78 is 5.47. The number of piperazine rings is 1. The molecule has 2 rings (SSSR count). The Morgan fingerprint density at radius 3 is 2.89 bits per heavy atom. The van der Waals surface area contributed by atoms with Crippen molar-refractivity contribution in [2.45, 2.75) is 45.7 Å². The zero-order chi connectivity index (χ0) is 13.7. The highest BCUT2D eigenvalue weighted by molar-refractivity contribution is 5.35. The van der Waals surface area contributed by atoms with Gasteiger partial charge < -0.3 is 15.0 Å². The summed E-state index contributed by atoms with van der Waals surface area (Å²) in [4.78, 5) is 11.2. The fourth-order valence-electron chi connectivity index (χ4n) is 2.45. The van der Waals surface area contributed by atoms with Gasteiger partial charge in [-0.05, 0) is 19.8 Å². The standard InChI is InChI=1S/C14H24N4O/c1-4-11-10-18(12(5-2)9-16-11)14-15-8-7-13(17-14)19-6-3/h7-8,11-12,16H,4-6,9-10H2,1-3H3. The zero-order valence-electron chi connectivity index (χ0n) is 12.1. The Kier molecular flexibility index (Phi) is 4.96. The zero-order valence-corrected chi connectivity index (χ0v) is 12.1. The van der Waals surface area contributed by atoms with Crippen molar-refractivity contribution in [3.8, 4) is 5.88 Å². The molecule has 1 N–H and O–H groups in total. The van der Waals surface area contributed by atoms with Gasteiger partial charge in [0.25, 0.3) is 0 Å². The Labute approximate surface area is 115 Å². The van der Waals surface area contributed by atoms with Crippen molar-refractivity contribution in [3.05, 3.63) is 12.3 Å². The first-order valence-corrected chi connectivity index (χ1v) is 7.24. The second-order valence-electron chi connectivity index (χ2n) is 4.86. The first kappa shape index (κ1) is 14.1. The number of hydrogen-bond acceptors (Lipinski definition) is 5. The molecule has 0 spiro atoms. The van der Waals surface area contributed by atoms with Crippen LogP contribution in [0.25, 0.3) is 0 Å². The molecule has 0 aromatic carbocycles. The van der Waals surface area contributed by atoms with Crippen LogP contribution in [0.15, 0.2) is 12.3 Å². The van der Waals surface area contributed by atoms with Crippen LogP contribution < -0.4 is 15.0 Å². The van der Waals surface area contributed by atoms with Gasteiger partial charge in [-0.15, -0.1) is 0 Å². The minimum absolute atomic E-state index is 0.458. The number of nitrogens with one attached hydrogen (secondary N) is 1. The highest BCUT2D eigenvalue weighted by Gasteiger charge is 2.27. The molecular formula is C14H24N4O. The van der Waals surface area contributed by atoms with Crippen LogP contribution in [-0.2, 0) is 0 Å². The lowest BCUT2D eigenvalue weighted by Gasteiger charge is -2.40. The van der Waals surface area contributed by atoms with Gasteiger partial charge in [0.05, 0.1) is 6.61 Å². The second-order valence-corrected chi connectivity index (χ2v) is 4.86. The highest BCUT2D eigenvalue weighted by atomic mass is 16.5. The molecule has 0 bridgehead atoms. The fraction of sp³-hybridized carbons (Fsp3) is 0.714. The highest BCUT2D eigenvalue weighted by Crippen LogP contribution is 2.20. The Balaban J connectivity index is 2.18. The van der Waals surface area contributed by atoms with E-state index in [2.05, 4.69) is 34.0 Å². The van der Waals surface area contributed by atoms with E-state index in [1.807, 2.05) is 13.0 Å². The van der Waals surface area contributed by atoms with Gasteiger partial charge in [0, 0.05) is 37.4 Å². The molecule has 0 saturated carbocycles. The predicted molar refractivity (Wildman–Crippen MR) is 76.7 cm³/mol. The molecular weight excluding hydrogens is 240 g/mol. The molecule has 1 aliphatic rings. The summed E-state index contributed by atoms with van der Waals surface area (Å²) in [7, 11) is 0. The van der Waals surface area contributed by atoms with Crippen LogP contribution in [-0.4, -0.2) is 41.7 Å². The molecule has 2 heterocycles. The smallest absolute Gasteiger partial charge is 0.228 e. The van der Waals surface area contributed by atoms with Crippen LogP contribution >= 0.6 is 0 Å². The molecule has 2 atom stereocenters. The molecule has 1 saturated heterocycles. The Morgan fingerprint density at radius 2 is 2.21 bits per heavy atom. The summed E-state index contributed by atoms with van der Waals surface area (Å²) in [5, 5.41) is 3.58. The molecule has 1 aromatic rings. The van der Waals surface area contributed by atoms with Crippen LogP contribution in [0, 0.1) is 0 Å². The summed E-state index contributed by atoms with van der Waals surface area (Å²) in [5.41, 5.74) is 0. The van der Waals surface area contributed by atoms with E-state index in [9.17, 15) is 0 Å². The van der Waals surface area contributed by atoms with Gasteiger partial charge in [0.1, 0.15) is 0 Å². The molecule has 106 valence electrons. The number of rotatable bonds is 5. The van der Waals surface area contributed by atoms with Crippen molar-refractivity contribution in [1.29, 1.82) is 0 Å². The average molecular weight is 264 g/mol. The number of aromatic nitrogens is 2. The quantitative estimate of drug-likeness (QED) is 0.879. The third kappa shape index (κ3) is 3.35. The Bertz CT molecular complexity index is 399. The normalized spacial score (nSPS) is 23.4. The van der Waals surface area contributed by atoms with Crippen molar-refractivity contribution >= 4 is 5.95 Å². The van der Waals surface area contributed by atoms with Gasteiger partial charge in [0.2, 0.25) is 11.8 Å². The maximum absolute atomic E-state index is 5.47. The molecule has 5 nitrogen and oxygen atoms in total. The molecule has 2 unspecified atom stereocenters. The van der Waals surface area contributed by atoms with Gasteiger partial charge >= 0.3 is 0 Å². The predicted octanol–water partition coefficient (Wildman–Crippen LogP) is 1.84. The number of nitrogens with zero attached hydrogens (tertiary/aromatic N) is 3. The molecule has 1 fully saturated rings. The Hall–Kier alpha value is -1.36. The molecule has 0 amide bonds. The van der Waals surface area contributed by atoms with E-state index in [0.29, 0.717) is 24.6 Å². The van der Waals surface area contributed by atoms with Crippen molar-refractivity contribution in [1.82, 2.24) is 15.3 Å². The van der Waals surface area contributed by atoms with Crippen molar-refractivity contribution in [3.63, 3.8) is 0 Å². The summed E-state index contributed by atoms with van der Waals surface area (Å²) >= 11 is 0. The minimum atomic E-state index is 0.458. The first-order chi connectivity index (χ1) is 9.28. The summed E-state index contributed by atoms with van der Waals surface area (Å²) in [6, 6.07) is 2.79. The lowest BCUT2D eigenvalue weighted by atomic mass is 10.1. The monoisotopic (exact) mass is 264 g/mol. The van der Waals surface area contributed by atoms with Crippen molar-refractivity contribution in [2.24, 2.45) is 0 Å². The molecule has 0 aliphatic carbocycles. The summed E-state index contributed by atoms with van der Waals surface area (Å²) in [6.45, 7) is 8.97. The van der Waals surface area contributed by atoms with Crippen LogP contribution in [0.4, 0.5) is 5.95 Å². The SMILES string of the molecule is CCOc1ccnc(N2CC(CC)NCC2CC)n1. The number of anilines is 1. The van der Waals surface area contributed by atoms with Crippen LogP contribution in [0.1, 0.15) is 33.6 Å². The van der Waals surface area contributed by atoms with E-state index in [0.717, 1.165) is 31.9 Å². The number of ether oxygens (including phenoxy) is 1. The van der Waals surface area contributed by atoms with Crippen molar-refractivity contribution in [2.75, 3.05) is 24.6 Å². The largest absolute Gasteiger partial charge is 0.478 e. The molecule has 0 radical (unpaired) electrons. The van der Waals surface area contributed by atoms with Gasteiger partial charge in [0.15, 0.2) is 0 Å². The van der Waals surface area contributed by atoms with E-state index < -0.39 is 0 Å². The van der Waals surface area contributed by atoms with E-state index in [4.69, 9.17) is 4.74 Å². The van der Waals surface area contributed by atoms with E-state index in [-0.39, 0.29) is 0 Å². The third-order valence-electron chi connectivity index (χ3n) is 3.63. The van der Waals surface area contributed by atoms with E-state index in [1.54, 1.807) is 6.20 Å². The lowest BCUT2D eigenvalue weighted by Crippen LogP contribution is -2.56. The minimum Gasteiger partial charge on any atom is -0.478 e.